The predicted octanol–water partition coefficient (Wildman–Crippen LogP) is 3.48. The molecule has 0 spiro atoms. The summed E-state index contributed by atoms with van der Waals surface area (Å²) >= 11 is 0. The topological polar surface area (TPSA) is 12.4 Å². The van der Waals surface area contributed by atoms with Gasteiger partial charge in [-0.3, -0.25) is 0 Å². The quantitative estimate of drug-likeness (QED) is 0.620. The molecule has 0 unspecified atom stereocenters. The molecule has 2 aromatic carbocycles. The van der Waals surface area contributed by atoms with Gasteiger partial charge in [0.1, 0.15) is 0 Å². The normalized spacial score (nSPS) is 15.0. The summed E-state index contributed by atoms with van der Waals surface area (Å²) < 4.78 is 0. The molecular weight excluding hydrogens is 194 g/mol. The Morgan fingerprint density at radius 1 is 1.00 bits per heavy atom. The monoisotopic (exact) mass is 202 g/mol. The van der Waals surface area contributed by atoms with Gasteiger partial charge in [0.15, 0.2) is 0 Å². The minimum atomic E-state index is 1.04. The first-order chi connectivity index (χ1) is 7.93. The lowest BCUT2D eigenvalue weighted by Gasteiger charge is -1.96. The van der Waals surface area contributed by atoms with E-state index in [1.54, 1.807) is 0 Å². The Morgan fingerprint density at radius 2 is 1.94 bits per heavy atom. The lowest BCUT2D eigenvalue weighted by Crippen LogP contribution is -1.94. The van der Waals surface area contributed by atoms with Crippen LogP contribution in [0.5, 0.6) is 0 Å². The van der Waals surface area contributed by atoms with Gasteiger partial charge in [-0.1, -0.05) is 36.4 Å². The molecule has 4 rings (SSSR count). The first-order valence-corrected chi connectivity index (χ1v) is 5.35. The average Bonchev–Trinajstić information content (AvgIpc) is 2.85. The van der Waals surface area contributed by atoms with Gasteiger partial charge in [0, 0.05) is 16.7 Å². The average molecular weight is 202 g/mol. The molecule has 2 aromatic rings. The van der Waals surface area contributed by atoms with Crippen molar-refractivity contribution in [1.82, 2.24) is 0 Å². The molecule has 1 aliphatic carbocycles. The fourth-order valence-corrected chi connectivity index (χ4v) is 2.38. The fraction of sp³-hybridized carbons (Fsp3) is 0. The van der Waals surface area contributed by atoms with Crippen LogP contribution in [0.2, 0.25) is 0 Å². The van der Waals surface area contributed by atoms with Crippen LogP contribution in [0.1, 0.15) is 16.7 Å². The number of benzene rings is 2. The maximum Gasteiger partial charge on any atom is 0.0795 e. The van der Waals surface area contributed by atoms with Gasteiger partial charge in [-0.25, -0.2) is 4.99 Å². The van der Waals surface area contributed by atoms with Gasteiger partial charge >= 0.3 is 0 Å². The van der Waals surface area contributed by atoms with Crippen molar-refractivity contribution in [2.24, 2.45) is 4.99 Å². The number of allylic oxidation sites excluding steroid dienone is 1. The SMILES string of the molecule is [c]1cccc2c1C1=Cc3ccccc3C1=N2. The highest BCUT2D eigenvalue weighted by molar-refractivity contribution is 6.43. The second-order valence-electron chi connectivity index (χ2n) is 4.04. The van der Waals surface area contributed by atoms with Crippen LogP contribution < -0.4 is 0 Å². The van der Waals surface area contributed by atoms with Gasteiger partial charge < -0.3 is 0 Å². The Morgan fingerprint density at radius 3 is 2.94 bits per heavy atom. The van der Waals surface area contributed by atoms with Crippen molar-refractivity contribution in [1.29, 1.82) is 0 Å². The second-order valence-corrected chi connectivity index (χ2v) is 4.04. The third kappa shape index (κ3) is 0.878. The van der Waals surface area contributed by atoms with Gasteiger partial charge in [0.05, 0.1) is 11.4 Å². The minimum absolute atomic E-state index is 1.04. The largest absolute Gasteiger partial charge is 0.247 e. The van der Waals surface area contributed by atoms with Crippen molar-refractivity contribution in [2.45, 2.75) is 0 Å². The molecule has 0 fully saturated rings. The summed E-state index contributed by atoms with van der Waals surface area (Å²) in [7, 11) is 0. The van der Waals surface area contributed by atoms with E-state index in [-0.39, 0.29) is 0 Å². The lowest BCUT2D eigenvalue weighted by atomic mass is 10.0. The Bertz CT molecular complexity index is 603. The van der Waals surface area contributed by atoms with Crippen LogP contribution in [0, 0.1) is 6.07 Å². The lowest BCUT2D eigenvalue weighted by molar-refractivity contribution is 1.52. The zero-order chi connectivity index (χ0) is 10.5. The van der Waals surface area contributed by atoms with Gasteiger partial charge in [-0.05, 0) is 23.8 Å². The van der Waals surface area contributed by atoms with E-state index in [2.05, 4.69) is 41.4 Å². The van der Waals surface area contributed by atoms with E-state index >= 15 is 0 Å². The minimum Gasteiger partial charge on any atom is -0.247 e. The van der Waals surface area contributed by atoms with Crippen molar-refractivity contribution < 1.29 is 0 Å². The fourth-order valence-electron chi connectivity index (χ4n) is 2.38. The molecule has 73 valence electrons. The number of aliphatic imine (C=N–C) groups is 1. The van der Waals surface area contributed by atoms with Crippen molar-refractivity contribution in [3.05, 3.63) is 65.2 Å². The molecule has 1 heterocycles. The third-order valence-corrected chi connectivity index (χ3v) is 3.11. The number of hydrogen-bond donors (Lipinski definition) is 0. The highest BCUT2D eigenvalue weighted by Gasteiger charge is 2.27. The Labute approximate surface area is 93.8 Å². The molecule has 16 heavy (non-hydrogen) atoms. The smallest absolute Gasteiger partial charge is 0.0795 e. The summed E-state index contributed by atoms with van der Waals surface area (Å²) in [6.07, 6.45) is 2.20. The summed E-state index contributed by atoms with van der Waals surface area (Å²) in [5.74, 6) is 0. The molecule has 1 heteroatoms. The Kier molecular flexibility index (Phi) is 1.36. The van der Waals surface area contributed by atoms with E-state index < -0.39 is 0 Å². The molecule has 0 saturated carbocycles. The third-order valence-electron chi connectivity index (χ3n) is 3.11. The molecule has 2 aliphatic rings. The van der Waals surface area contributed by atoms with Crippen molar-refractivity contribution in [3.63, 3.8) is 0 Å². The maximum absolute atomic E-state index is 4.67. The number of nitrogens with zero attached hydrogens (tertiary/aromatic N) is 1. The standard InChI is InChI=1S/C15H8N/c1-2-6-11-10(5-1)9-13-12-7-3-4-8-14(12)16-15(11)13/h1-6,8-9H. The van der Waals surface area contributed by atoms with Crippen molar-refractivity contribution in [3.8, 4) is 0 Å². The van der Waals surface area contributed by atoms with E-state index in [0.717, 1.165) is 17.0 Å². The highest BCUT2D eigenvalue weighted by atomic mass is 14.8. The summed E-state index contributed by atoms with van der Waals surface area (Å²) in [6.45, 7) is 0. The van der Waals surface area contributed by atoms with Crippen LogP contribution >= 0.6 is 0 Å². The molecule has 1 nitrogen and oxygen atoms in total. The second kappa shape index (κ2) is 2.70. The zero-order valence-electron chi connectivity index (χ0n) is 8.57. The molecule has 0 aromatic heterocycles. The first-order valence-electron chi connectivity index (χ1n) is 5.35. The number of hydrogen-bond acceptors (Lipinski definition) is 1. The molecule has 0 N–H and O–H groups in total. The summed E-state index contributed by atoms with van der Waals surface area (Å²) in [4.78, 5) is 4.67. The Balaban J connectivity index is 2.03. The Hall–Kier alpha value is -2.15. The van der Waals surface area contributed by atoms with Crippen LogP contribution in [0.4, 0.5) is 5.69 Å². The molecule has 0 saturated heterocycles. The van der Waals surface area contributed by atoms with E-state index in [1.165, 1.54) is 16.7 Å². The first kappa shape index (κ1) is 8.05. The van der Waals surface area contributed by atoms with Gasteiger partial charge in [-0.15, -0.1) is 0 Å². The van der Waals surface area contributed by atoms with E-state index in [1.807, 2.05) is 18.2 Å². The number of fused-ring (bicyclic) bond motifs is 5. The van der Waals surface area contributed by atoms with E-state index in [9.17, 15) is 0 Å². The van der Waals surface area contributed by atoms with Crippen LogP contribution in [-0.4, -0.2) is 5.71 Å². The molecule has 0 atom stereocenters. The summed E-state index contributed by atoms with van der Waals surface area (Å²) in [6, 6.07) is 17.6. The van der Waals surface area contributed by atoms with Crippen molar-refractivity contribution in [2.75, 3.05) is 0 Å². The van der Waals surface area contributed by atoms with Crippen LogP contribution in [0.25, 0.3) is 11.6 Å². The van der Waals surface area contributed by atoms with Gasteiger partial charge in [0.2, 0.25) is 0 Å². The van der Waals surface area contributed by atoms with Gasteiger partial charge in [-0.2, -0.15) is 0 Å². The molecular formula is C15H8N. The molecule has 0 amide bonds. The van der Waals surface area contributed by atoms with Crippen LogP contribution in [0.3, 0.4) is 0 Å². The van der Waals surface area contributed by atoms with Gasteiger partial charge in [0.25, 0.3) is 0 Å². The zero-order valence-corrected chi connectivity index (χ0v) is 8.57. The molecule has 1 aliphatic heterocycles. The maximum atomic E-state index is 4.67. The summed E-state index contributed by atoms with van der Waals surface area (Å²) in [5.41, 5.74) is 7.00. The van der Waals surface area contributed by atoms with Crippen molar-refractivity contribution >= 4 is 23.0 Å². The van der Waals surface area contributed by atoms with E-state index in [4.69, 9.17) is 0 Å². The molecule has 0 bridgehead atoms. The summed E-state index contributed by atoms with van der Waals surface area (Å²) in [5, 5.41) is 0. The van der Waals surface area contributed by atoms with Crippen LogP contribution in [0.15, 0.2) is 47.5 Å². The van der Waals surface area contributed by atoms with E-state index in [0.29, 0.717) is 0 Å². The van der Waals surface area contributed by atoms with Crippen LogP contribution in [-0.2, 0) is 0 Å². The highest BCUT2D eigenvalue weighted by Crippen LogP contribution is 2.42. The molecule has 1 radical (unpaired) electrons. The number of rotatable bonds is 0. The predicted molar refractivity (Wildman–Crippen MR) is 65.8 cm³/mol.